The van der Waals surface area contributed by atoms with Crippen LogP contribution in [-0.2, 0) is 9.59 Å². The van der Waals surface area contributed by atoms with Crippen LogP contribution in [0.15, 0.2) is 35.4 Å². The van der Waals surface area contributed by atoms with Gasteiger partial charge in [-0.3, -0.25) is 9.59 Å². The minimum absolute atomic E-state index is 0.0163. The number of hydrogen-bond donors (Lipinski definition) is 1. The van der Waals surface area contributed by atoms with Gasteiger partial charge in [0.1, 0.15) is 11.9 Å². The van der Waals surface area contributed by atoms with Crippen molar-refractivity contribution in [3.8, 4) is 0 Å². The number of nitrogens with one attached hydrogen (secondary N) is 1. The first-order chi connectivity index (χ1) is 13.4. The lowest BCUT2D eigenvalue weighted by Crippen LogP contribution is -2.43. The van der Waals surface area contributed by atoms with Gasteiger partial charge < -0.3 is 14.7 Å². The summed E-state index contributed by atoms with van der Waals surface area (Å²) in [6.07, 6.45) is 2.32. The van der Waals surface area contributed by atoms with Gasteiger partial charge in [-0.1, -0.05) is 29.4 Å². The van der Waals surface area contributed by atoms with Crippen LogP contribution in [-0.4, -0.2) is 39.9 Å². The van der Waals surface area contributed by atoms with E-state index in [2.05, 4.69) is 22.0 Å². The lowest BCUT2D eigenvalue weighted by Gasteiger charge is -2.31. The smallest absolute Gasteiger partial charge is 0.245 e. The van der Waals surface area contributed by atoms with E-state index < -0.39 is 11.9 Å². The minimum Gasteiger partial charge on any atom is -0.342 e. The van der Waals surface area contributed by atoms with Gasteiger partial charge in [0, 0.05) is 25.9 Å². The molecule has 1 atom stereocenters. The molecule has 1 aromatic heterocycles. The van der Waals surface area contributed by atoms with E-state index in [0.717, 1.165) is 0 Å². The average Bonchev–Trinajstić information content (AvgIpc) is 3.13. The Hall–Kier alpha value is -2.74. The average molecular weight is 407 g/mol. The summed E-state index contributed by atoms with van der Waals surface area (Å²) >= 11 is 5.76. The maximum absolute atomic E-state index is 14.0. The zero-order valence-electron chi connectivity index (χ0n) is 15.3. The van der Waals surface area contributed by atoms with Gasteiger partial charge in [0.25, 0.3) is 0 Å². The van der Waals surface area contributed by atoms with E-state index in [0.29, 0.717) is 37.4 Å². The molecule has 1 aromatic carbocycles. The minimum atomic E-state index is -0.774. The van der Waals surface area contributed by atoms with Gasteiger partial charge in [0.05, 0.1) is 5.02 Å². The van der Waals surface area contributed by atoms with Crippen molar-refractivity contribution in [3.05, 3.63) is 59.0 Å². The third-order valence-corrected chi connectivity index (χ3v) is 5.02. The van der Waals surface area contributed by atoms with Crippen LogP contribution in [0.2, 0.25) is 5.02 Å². The van der Waals surface area contributed by atoms with Gasteiger partial charge in [-0.2, -0.15) is 4.98 Å². The molecule has 7 nitrogen and oxygen atoms in total. The summed E-state index contributed by atoms with van der Waals surface area (Å²) < 4.78 is 19.0. The number of carbonyl (C=O) groups excluding carboxylic acids is 2. The molecule has 2 heterocycles. The highest BCUT2D eigenvalue weighted by Crippen LogP contribution is 2.26. The number of nitrogens with zero attached hydrogens (tertiary/aromatic N) is 3. The molecule has 0 spiro atoms. The van der Waals surface area contributed by atoms with Crippen LogP contribution in [0.25, 0.3) is 0 Å². The number of hydrogen-bond acceptors (Lipinski definition) is 5. The Morgan fingerprint density at radius 3 is 2.71 bits per heavy atom. The van der Waals surface area contributed by atoms with Crippen molar-refractivity contribution < 1.29 is 18.5 Å². The number of benzene rings is 1. The summed E-state index contributed by atoms with van der Waals surface area (Å²) in [5.74, 6) is -0.674. The number of piperidine rings is 1. The molecule has 0 bridgehead atoms. The largest absolute Gasteiger partial charge is 0.342 e. The third-order valence-electron chi connectivity index (χ3n) is 4.72. The van der Waals surface area contributed by atoms with Crippen LogP contribution in [0.4, 0.5) is 4.39 Å². The highest BCUT2D eigenvalue weighted by molar-refractivity contribution is 6.30. The van der Waals surface area contributed by atoms with Crippen molar-refractivity contribution in [1.29, 1.82) is 0 Å². The predicted octanol–water partition coefficient (Wildman–Crippen LogP) is 2.80. The van der Waals surface area contributed by atoms with E-state index in [4.69, 9.17) is 16.1 Å². The van der Waals surface area contributed by atoms with Gasteiger partial charge >= 0.3 is 0 Å². The van der Waals surface area contributed by atoms with Crippen LogP contribution in [0.3, 0.4) is 0 Å². The molecule has 3 rings (SSSR count). The molecule has 1 N–H and O–H groups in total. The van der Waals surface area contributed by atoms with Crippen LogP contribution in [0, 0.1) is 18.7 Å². The molecule has 28 heavy (non-hydrogen) atoms. The van der Waals surface area contributed by atoms with E-state index in [1.165, 1.54) is 18.2 Å². The molecule has 0 saturated carbocycles. The van der Waals surface area contributed by atoms with Crippen molar-refractivity contribution in [2.45, 2.75) is 25.8 Å². The van der Waals surface area contributed by atoms with Gasteiger partial charge in [-0.15, -0.1) is 0 Å². The molecule has 0 radical (unpaired) electrons. The van der Waals surface area contributed by atoms with Gasteiger partial charge in [-0.25, -0.2) is 4.39 Å². The highest BCUT2D eigenvalue weighted by atomic mass is 35.5. The van der Waals surface area contributed by atoms with Crippen LogP contribution in [0.5, 0.6) is 0 Å². The standard InChI is InChI=1S/C19H20ClFN4O3/c1-3-16(26)25-8-6-12(7-9-25)19(27)23-17(18-22-11(2)28-24-18)13-4-5-14(20)15(21)10-13/h3-5,10,12,17H,1,6-9H2,2H3,(H,23,27). The lowest BCUT2D eigenvalue weighted by atomic mass is 9.94. The van der Waals surface area contributed by atoms with E-state index in [-0.39, 0.29) is 28.6 Å². The Bertz CT molecular complexity index is 893. The molecule has 1 aliphatic heterocycles. The van der Waals surface area contributed by atoms with Crippen LogP contribution >= 0.6 is 11.6 Å². The molecule has 2 aromatic rings. The first kappa shape index (κ1) is 20.0. The Morgan fingerprint density at radius 1 is 1.43 bits per heavy atom. The molecule has 148 valence electrons. The summed E-state index contributed by atoms with van der Waals surface area (Å²) in [7, 11) is 0. The van der Waals surface area contributed by atoms with Crippen LogP contribution in [0.1, 0.15) is 36.2 Å². The van der Waals surface area contributed by atoms with Gasteiger partial charge in [0.2, 0.25) is 17.7 Å². The van der Waals surface area contributed by atoms with Crippen molar-refractivity contribution in [3.63, 3.8) is 0 Å². The summed E-state index contributed by atoms with van der Waals surface area (Å²) in [5, 5.41) is 6.73. The Labute approximate surface area is 166 Å². The van der Waals surface area contributed by atoms with Crippen molar-refractivity contribution >= 4 is 23.4 Å². The first-order valence-corrected chi connectivity index (χ1v) is 9.23. The molecular formula is C19H20ClFN4O3. The SMILES string of the molecule is C=CC(=O)N1CCC(C(=O)NC(c2ccc(Cl)c(F)c2)c2noc(C)n2)CC1. The third kappa shape index (κ3) is 4.39. The Kier molecular flexibility index (Phi) is 6.08. The van der Waals surface area contributed by atoms with Crippen molar-refractivity contribution in [1.82, 2.24) is 20.4 Å². The second-order valence-electron chi connectivity index (χ2n) is 6.59. The summed E-state index contributed by atoms with van der Waals surface area (Å²) in [4.78, 5) is 30.3. The zero-order chi connectivity index (χ0) is 20.3. The molecule has 1 saturated heterocycles. The number of aryl methyl sites for hydroxylation is 1. The quantitative estimate of drug-likeness (QED) is 0.771. The van der Waals surface area contributed by atoms with Crippen molar-refractivity contribution in [2.24, 2.45) is 5.92 Å². The predicted molar refractivity (Wildman–Crippen MR) is 99.9 cm³/mol. The Morgan fingerprint density at radius 2 is 2.14 bits per heavy atom. The van der Waals surface area contributed by atoms with Gasteiger partial charge in [-0.05, 0) is 36.6 Å². The van der Waals surface area contributed by atoms with E-state index in [1.54, 1.807) is 17.9 Å². The number of rotatable bonds is 5. The summed E-state index contributed by atoms with van der Waals surface area (Å²) in [6, 6.07) is 3.49. The highest BCUT2D eigenvalue weighted by Gasteiger charge is 2.30. The molecule has 1 aliphatic rings. The van der Waals surface area contributed by atoms with Crippen molar-refractivity contribution in [2.75, 3.05) is 13.1 Å². The molecule has 2 amide bonds. The maximum Gasteiger partial charge on any atom is 0.245 e. The summed E-state index contributed by atoms with van der Waals surface area (Å²) in [6.45, 7) is 6.06. The lowest BCUT2D eigenvalue weighted by molar-refractivity contribution is -0.132. The fourth-order valence-electron chi connectivity index (χ4n) is 3.17. The van der Waals surface area contributed by atoms with E-state index in [1.807, 2.05) is 0 Å². The molecule has 1 unspecified atom stereocenters. The second kappa shape index (κ2) is 8.52. The zero-order valence-corrected chi connectivity index (χ0v) is 16.1. The Balaban J connectivity index is 1.76. The number of carbonyl (C=O) groups is 2. The first-order valence-electron chi connectivity index (χ1n) is 8.86. The van der Waals surface area contributed by atoms with Crippen LogP contribution < -0.4 is 5.32 Å². The van der Waals surface area contributed by atoms with Gasteiger partial charge in [0.15, 0.2) is 5.82 Å². The number of halogens is 2. The monoisotopic (exact) mass is 406 g/mol. The number of aromatic nitrogens is 2. The normalized spacial score (nSPS) is 15.9. The number of amides is 2. The molecule has 9 heteroatoms. The topological polar surface area (TPSA) is 88.3 Å². The maximum atomic E-state index is 14.0. The fraction of sp³-hybridized carbons (Fsp3) is 0.368. The molecular weight excluding hydrogens is 387 g/mol. The summed E-state index contributed by atoms with van der Waals surface area (Å²) in [5.41, 5.74) is 0.454. The number of likely N-dealkylation sites (tertiary alicyclic amines) is 1. The second-order valence-corrected chi connectivity index (χ2v) is 7.00. The fourth-order valence-corrected chi connectivity index (χ4v) is 3.29. The molecule has 0 aliphatic carbocycles. The van der Waals surface area contributed by atoms with E-state index in [9.17, 15) is 14.0 Å². The van der Waals surface area contributed by atoms with E-state index >= 15 is 0 Å². The molecule has 1 fully saturated rings.